The van der Waals surface area contributed by atoms with E-state index in [1.54, 1.807) is 19.3 Å². The van der Waals surface area contributed by atoms with Crippen molar-refractivity contribution in [3.63, 3.8) is 0 Å². The number of hydrogen-bond acceptors (Lipinski definition) is 4. The molecule has 0 amide bonds. The molecule has 0 N–H and O–H groups in total. The molecule has 0 aliphatic heterocycles. The van der Waals surface area contributed by atoms with Crippen LogP contribution in [0, 0.1) is 6.92 Å². The van der Waals surface area contributed by atoms with Crippen molar-refractivity contribution in [1.82, 2.24) is 9.97 Å². The first kappa shape index (κ1) is 11.4. The number of nitrogens with zero attached hydrogens (tertiary/aromatic N) is 2. The second-order valence-electron chi connectivity index (χ2n) is 3.38. The lowest BCUT2D eigenvalue weighted by Gasteiger charge is -1.95. The molecule has 5 heteroatoms. The molecule has 3 nitrogen and oxygen atoms in total. The van der Waals surface area contributed by atoms with E-state index in [1.165, 1.54) is 11.3 Å². The van der Waals surface area contributed by atoms with Crippen LogP contribution in [-0.4, -0.2) is 15.8 Å². The van der Waals surface area contributed by atoms with Gasteiger partial charge in [-0.2, -0.15) is 0 Å². The third-order valence-electron chi connectivity index (χ3n) is 2.07. The van der Waals surface area contributed by atoms with Gasteiger partial charge in [-0.1, -0.05) is 0 Å². The summed E-state index contributed by atoms with van der Waals surface area (Å²) in [5.74, 6) is 0.0594. The Morgan fingerprint density at radius 1 is 1.44 bits per heavy atom. The second kappa shape index (κ2) is 4.43. The van der Waals surface area contributed by atoms with E-state index < -0.39 is 0 Å². The zero-order chi connectivity index (χ0) is 11.7. The van der Waals surface area contributed by atoms with E-state index in [2.05, 4.69) is 25.9 Å². The van der Waals surface area contributed by atoms with Crippen LogP contribution in [0.4, 0.5) is 0 Å². The molecule has 2 aromatic rings. The number of hydrogen-bond donors (Lipinski definition) is 0. The zero-order valence-corrected chi connectivity index (χ0v) is 11.2. The lowest BCUT2D eigenvalue weighted by Crippen LogP contribution is -1.89. The van der Waals surface area contributed by atoms with Crippen molar-refractivity contribution in [2.45, 2.75) is 13.8 Å². The molecule has 0 bridgehead atoms. The highest BCUT2D eigenvalue weighted by Gasteiger charge is 2.12. The fraction of sp³-hybridized carbons (Fsp3) is 0.182. The van der Waals surface area contributed by atoms with Crippen LogP contribution in [0.3, 0.4) is 0 Å². The summed E-state index contributed by atoms with van der Waals surface area (Å²) in [5, 5.41) is 0.830. The van der Waals surface area contributed by atoms with Gasteiger partial charge < -0.3 is 0 Å². The van der Waals surface area contributed by atoms with Gasteiger partial charge in [0.25, 0.3) is 0 Å². The molecular weight excluding hydrogens is 288 g/mol. The fourth-order valence-corrected chi connectivity index (χ4v) is 2.68. The van der Waals surface area contributed by atoms with Gasteiger partial charge in [-0.15, -0.1) is 11.3 Å². The van der Waals surface area contributed by atoms with Crippen molar-refractivity contribution in [1.29, 1.82) is 0 Å². The molecule has 0 fully saturated rings. The minimum absolute atomic E-state index is 0.0594. The molecule has 0 aliphatic rings. The van der Waals surface area contributed by atoms with Crippen molar-refractivity contribution in [2.75, 3.05) is 0 Å². The average molecular weight is 297 g/mol. The Bertz CT molecular complexity index is 551. The number of carbonyl (C=O) groups excluding carboxylic acids is 1. The number of ketones is 1. The summed E-state index contributed by atoms with van der Waals surface area (Å²) in [7, 11) is 0. The van der Waals surface area contributed by atoms with E-state index >= 15 is 0 Å². The number of rotatable bonds is 2. The van der Waals surface area contributed by atoms with Crippen LogP contribution in [-0.2, 0) is 0 Å². The smallest absolute Gasteiger partial charge is 0.171 e. The van der Waals surface area contributed by atoms with E-state index in [4.69, 9.17) is 0 Å². The molecule has 0 saturated heterocycles. The molecule has 0 aliphatic carbocycles. The Balaban J connectivity index is 2.49. The molecule has 16 heavy (non-hydrogen) atoms. The molecule has 0 atom stereocenters. The number of aryl methyl sites for hydroxylation is 1. The zero-order valence-electron chi connectivity index (χ0n) is 8.82. The van der Waals surface area contributed by atoms with E-state index in [0.29, 0.717) is 0 Å². The molecule has 0 aromatic carbocycles. The van der Waals surface area contributed by atoms with Crippen LogP contribution in [0.25, 0.3) is 10.6 Å². The van der Waals surface area contributed by atoms with Gasteiger partial charge in [0.05, 0.1) is 10.6 Å². The summed E-state index contributed by atoms with van der Waals surface area (Å²) in [4.78, 5) is 20.5. The van der Waals surface area contributed by atoms with E-state index in [1.807, 2.05) is 13.0 Å². The predicted octanol–water partition coefficient (Wildman–Crippen LogP) is 3.48. The van der Waals surface area contributed by atoms with Crippen molar-refractivity contribution in [2.24, 2.45) is 0 Å². The van der Waals surface area contributed by atoms with Crippen LogP contribution < -0.4 is 0 Å². The second-order valence-corrected chi connectivity index (χ2v) is 5.30. The Morgan fingerprint density at radius 2 is 2.19 bits per heavy atom. The van der Waals surface area contributed by atoms with Crippen molar-refractivity contribution in [3.8, 4) is 10.6 Å². The lowest BCUT2D eigenvalue weighted by atomic mass is 10.3. The summed E-state index contributed by atoms with van der Waals surface area (Å²) >= 11 is 4.77. The van der Waals surface area contributed by atoms with Gasteiger partial charge in [-0.05, 0) is 28.9 Å². The molecule has 82 valence electrons. The minimum atomic E-state index is 0.0594. The highest BCUT2D eigenvalue weighted by atomic mass is 79.9. The summed E-state index contributed by atoms with van der Waals surface area (Å²) in [5.41, 5.74) is 1.71. The minimum Gasteiger partial charge on any atom is -0.294 e. The van der Waals surface area contributed by atoms with Crippen LogP contribution in [0.2, 0.25) is 0 Å². The van der Waals surface area contributed by atoms with Gasteiger partial charge >= 0.3 is 0 Å². The quantitative estimate of drug-likeness (QED) is 0.797. The molecule has 2 aromatic heterocycles. The maximum absolute atomic E-state index is 11.3. The van der Waals surface area contributed by atoms with Gasteiger partial charge in [0.15, 0.2) is 5.78 Å². The number of carbonyl (C=O) groups is 1. The lowest BCUT2D eigenvalue weighted by molar-refractivity contribution is 0.102. The molecule has 0 unspecified atom stereocenters. The summed E-state index contributed by atoms with van der Waals surface area (Å²) < 4.78 is 0.905. The highest BCUT2D eigenvalue weighted by Crippen LogP contribution is 2.28. The first-order chi connectivity index (χ1) is 7.58. The molecule has 2 rings (SSSR count). The van der Waals surface area contributed by atoms with Crippen molar-refractivity contribution in [3.05, 3.63) is 33.5 Å². The van der Waals surface area contributed by atoms with Gasteiger partial charge in [0, 0.05) is 29.4 Å². The summed E-state index contributed by atoms with van der Waals surface area (Å²) in [6, 6.07) is 1.94. The third-order valence-corrected chi connectivity index (χ3v) is 3.81. The van der Waals surface area contributed by atoms with E-state index in [-0.39, 0.29) is 5.78 Å². The molecule has 2 heterocycles. The number of halogens is 1. The fourth-order valence-electron chi connectivity index (χ4n) is 1.38. The molecular formula is C11H9BrN2OS. The van der Waals surface area contributed by atoms with Gasteiger partial charge in [-0.3, -0.25) is 9.78 Å². The summed E-state index contributed by atoms with van der Waals surface area (Å²) in [6.45, 7) is 3.41. The maximum atomic E-state index is 11.3. The van der Waals surface area contributed by atoms with Crippen LogP contribution in [0.5, 0.6) is 0 Å². The summed E-state index contributed by atoms with van der Waals surface area (Å²) in [6.07, 6.45) is 3.46. The average Bonchev–Trinajstić information content (AvgIpc) is 2.60. The Labute approximate surface area is 106 Å². The highest BCUT2D eigenvalue weighted by molar-refractivity contribution is 9.10. The van der Waals surface area contributed by atoms with Gasteiger partial charge in [0.2, 0.25) is 0 Å². The van der Waals surface area contributed by atoms with Crippen molar-refractivity contribution < 1.29 is 4.79 Å². The third kappa shape index (κ3) is 2.20. The number of pyridine rings is 1. The normalized spacial score (nSPS) is 10.4. The maximum Gasteiger partial charge on any atom is 0.171 e. The van der Waals surface area contributed by atoms with E-state index in [0.717, 1.165) is 25.6 Å². The Hall–Kier alpha value is -1.07. The van der Waals surface area contributed by atoms with Crippen LogP contribution in [0.15, 0.2) is 22.9 Å². The monoisotopic (exact) mass is 296 g/mol. The number of aromatic nitrogens is 2. The van der Waals surface area contributed by atoms with Gasteiger partial charge in [0.1, 0.15) is 5.01 Å². The van der Waals surface area contributed by atoms with Gasteiger partial charge in [-0.25, -0.2) is 4.98 Å². The molecule has 0 saturated carbocycles. The molecule has 0 spiro atoms. The van der Waals surface area contributed by atoms with E-state index in [9.17, 15) is 4.79 Å². The Morgan fingerprint density at radius 3 is 2.75 bits per heavy atom. The van der Waals surface area contributed by atoms with Crippen LogP contribution in [0.1, 0.15) is 22.3 Å². The first-order valence-corrected chi connectivity index (χ1v) is 6.28. The topological polar surface area (TPSA) is 42.9 Å². The first-order valence-electron chi connectivity index (χ1n) is 4.67. The van der Waals surface area contributed by atoms with Crippen molar-refractivity contribution >= 4 is 33.0 Å². The van der Waals surface area contributed by atoms with Crippen LogP contribution >= 0.6 is 27.3 Å². The predicted molar refractivity (Wildman–Crippen MR) is 67.8 cm³/mol. The standard InChI is InChI=1S/C11H9BrN2OS/c1-6-10(7(2)15)16-11(14-6)8-3-9(12)5-13-4-8/h3-5H,1-2H3. The largest absolute Gasteiger partial charge is 0.294 e. The Kier molecular flexibility index (Phi) is 3.16. The SMILES string of the molecule is CC(=O)c1sc(-c2cncc(Br)c2)nc1C. The number of Topliss-reactive ketones (excluding diaryl/α,β-unsaturated/α-hetero) is 1. The molecule has 0 radical (unpaired) electrons. The number of thiazole rings is 1.